The van der Waals surface area contributed by atoms with Gasteiger partial charge >= 0.3 is 0 Å². The van der Waals surface area contributed by atoms with E-state index in [2.05, 4.69) is 23.4 Å². The van der Waals surface area contributed by atoms with Crippen LogP contribution in [-0.4, -0.2) is 9.55 Å². The molecule has 0 N–H and O–H groups in total. The fraction of sp³-hybridized carbons (Fsp3) is 0.500. The predicted molar refractivity (Wildman–Crippen MR) is 32.6 cm³/mol. The first-order valence-electron chi connectivity index (χ1n) is 2.81. The van der Waals surface area contributed by atoms with Crippen molar-refractivity contribution in [2.24, 2.45) is 0 Å². The summed E-state index contributed by atoms with van der Waals surface area (Å²) in [6.45, 7) is 5.18. The van der Waals surface area contributed by atoms with Crippen molar-refractivity contribution in [3.63, 3.8) is 0 Å². The van der Waals surface area contributed by atoms with Gasteiger partial charge in [0.15, 0.2) is 0 Å². The largest absolute Gasteiger partial charge is 0.335 e. The van der Waals surface area contributed by atoms with Crippen LogP contribution in [0.2, 0.25) is 0 Å². The molecule has 0 spiro atoms. The zero-order valence-corrected chi connectivity index (χ0v) is 5.26. The van der Waals surface area contributed by atoms with Crippen LogP contribution in [0.3, 0.4) is 0 Å². The molecule has 2 nitrogen and oxygen atoms in total. The molecule has 0 aliphatic heterocycles. The molecule has 0 amide bonds. The summed E-state index contributed by atoms with van der Waals surface area (Å²) in [6.07, 6.45) is 3.71. The van der Waals surface area contributed by atoms with Crippen molar-refractivity contribution in [2.75, 3.05) is 0 Å². The zero-order valence-electron chi connectivity index (χ0n) is 5.26. The third-order valence-corrected chi connectivity index (χ3v) is 1.26. The quantitative estimate of drug-likeness (QED) is 0.531. The van der Waals surface area contributed by atoms with E-state index in [0.29, 0.717) is 0 Å². The first kappa shape index (κ1) is 5.35. The third kappa shape index (κ3) is 0.735. The number of nitrogens with zero attached hydrogens (tertiary/aromatic N) is 2. The molecule has 0 atom stereocenters. The van der Waals surface area contributed by atoms with Gasteiger partial charge in [-0.25, -0.2) is 4.98 Å². The predicted octanol–water partition coefficient (Wildman–Crippen LogP) is 1.21. The highest BCUT2D eigenvalue weighted by atomic mass is 15.0. The van der Waals surface area contributed by atoms with Crippen LogP contribution >= 0.6 is 0 Å². The van der Waals surface area contributed by atoms with Gasteiger partial charge in [-0.2, -0.15) is 0 Å². The number of hydrogen-bond donors (Lipinski definition) is 0. The van der Waals surface area contributed by atoms with E-state index in [1.165, 1.54) is 5.69 Å². The van der Waals surface area contributed by atoms with Gasteiger partial charge in [-0.1, -0.05) is 0 Å². The monoisotopic (exact) mass is 110 g/mol. The van der Waals surface area contributed by atoms with Gasteiger partial charge in [-0.3, -0.25) is 0 Å². The fourth-order valence-corrected chi connectivity index (χ4v) is 0.718. The second-order valence-corrected chi connectivity index (χ2v) is 1.82. The summed E-state index contributed by atoms with van der Waals surface area (Å²) in [5, 5.41) is 0. The number of aromatic nitrogens is 2. The lowest BCUT2D eigenvalue weighted by Gasteiger charge is -1.95. The SMILES string of the molecule is CCn1cncc1C. The minimum Gasteiger partial charge on any atom is -0.335 e. The fourth-order valence-electron chi connectivity index (χ4n) is 0.718. The van der Waals surface area contributed by atoms with E-state index >= 15 is 0 Å². The highest BCUT2D eigenvalue weighted by Gasteiger charge is 1.88. The summed E-state index contributed by atoms with van der Waals surface area (Å²) in [7, 11) is 0. The Morgan fingerprint density at radius 1 is 1.75 bits per heavy atom. The molecular weight excluding hydrogens is 100 g/mol. The average Bonchev–Trinajstić information content (AvgIpc) is 2.14. The molecule has 0 fully saturated rings. The number of rotatable bonds is 1. The Kier molecular flexibility index (Phi) is 1.33. The molecular formula is C6H10N2. The molecule has 1 aromatic heterocycles. The second-order valence-electron chi connectivity index (χ2n) is 1.82. The van der Waals surface area contributed by atoms with Gasteiger partial charge < -0.3 is 4.57 Å². The topological polar surface area (TPSA) is 17.8 Å². The first-order chi connectivity index (χ1) is 3.84. The Hall–Kier alpha value is -0.790. The van der Waals surface area contributed by atoms with Crippen molar-refractivity contribution in [3.05, 3.63) is 18.2 Å². The van der Waals surface area contributed by atoms with Crippen LogP contribution in [0.4, 0.5) is 0 Å². The lowest BCUT2D eigenvalue weighted by Crippen LogP contribution is -1.92. The van der Waals surface area contributed by atoms with E-state index in [0.717, 1.165) is 6.54 Å². The summed E-state index contributed by atoms with van der Waals surface area (Å²) in [4.78, 5) is 3.96. The standard InChI is InChI=1S/C6H10N2/c1-3-8-5-7-4-6(8)2/h4-5H,3H2,1-2H3. The molecule has 1 heterocycles. The van der Waals surface area contributed by atoms with Crippen molar-refractivity contribution in [1.82, 2.24) is 9.55 Å². The van der Waals surface area contributed by atoms with E-state index in [-0.39, 0.29) is 0 Å². The first-order valence-corrected chi connectivity index (χ1v) is 2.81. The maximum Gasteiger partial charge on any atom is 0.0947 e. The molecule has 0 aliphatic rings. The lowest BCUT2D eigenvalue weighted by molar-refractivity contribution is 0.737. The van der Waals surface area contributed by atoms with Gasteiger partial charge in [0.05, 0.1) is 6.33 Å². The van der Waals surface area contributed by atoms with Crippen LogP contribution in [0, 0.1) is 6.92 Å². The Balaban J connectivity index is 2.92. The molecule has 0 aliphatic carbocycles. The second kappa shape index (κ2) is 1.99. The molecule has 0 aromatic carbocycles. The van der Waals surface area contributed by atoms with Crippen molar-refractivity contribution in [1.29, 1.82) is 0 Å². The Bertz CT molecular complexity index is 167. The zero-order chi connectivity index (χ0) is 5.98. The van der Waals surface area contributed by atoms with Gasteiger partial charge in [0.1, 0.15) is 0 Å². The van der Waals surface area contributed by atoms with Crippen LogP contribution in [0.1, 0.15) is 12.6 Å². The Morgan fingerprint density at radius 3 is 2.75 bits per heavy atom. The Labute approximate surface area is 49.2 Å². The summed E-state index contributed by atoms with van der Waals surface area (Å²) >= 11 is 0. The van der Waals surface area contributed by atoms with E-state index in [9.17, 15) is 0 Å². The highest BCUT2D eigenvalue weighted by Crippen LogP contribution is 1.93. The maximum atomic E-state index is 3.96. The molecule has 0 radical (unpaired) electrons. The normalized spacial score (nSPS) is 9.75. The number of aryl methyl sites for hydroxylation is 2. The minimum atomic E-state index is 1.02. The molecule has 0 saturated carbocycles. The van der Waals surface area contributed by atoms with Crippen LogP contribution in [-0.2, 0) is 6.54 Å². The summed E-state index contributed by atoms with van der Waals surface area (Å²) in [5.41, 5.74) is 1.23. The van der Waals surface area contributed by atoms with Crippen molar-refractivity contribution < 1.29 is 0 Å². The lowest BCUT2D eigenvalue weighted by atomic mass is 10.5. The molecule has 1 rings (SSSR count). The van der Waals surface area contributed by atoms with Crippen molar-refractivity contribution in [3.8, 4) is 0 Å². The van der Waals surface area contributed by atoms with E-state index in [1.54, 1.807) is 0 Å². The molecule has 44 valence electrons. The molecule has 0 saturated heterocycles. The third-order valence-electron chi connectivity index (χ3n) is 1.26. The summed E-state index contributed by atoms with van der Waals surface area (Å²) < 4.78 is 2.10. The smallest absolute Gasteiger partial charge is 0.0947 e. The van der Waals surface area contributed by atoms with Gasteiger partial charge in [0.2, 0.25) is 0 Å². The molecule has 2 heteroatoms. The molecule has 1 aromatic rings. The number of imidazole rings is 1. The van der Waals surface area contributed by atoms with Crippen molar-refractivity contribution in [2.45, 2.75) is 20.4 Å². The van der Waals surface area contributed by atoms with E-state index < -0.39 is 0 Å². The highest BCUT2D eigenvalue weighted by molar-refractivity contribution is 4.93. The van der Waals surface area contributed by atoms with E-state index in [1.807, 2.05) is 12.5 Å². The van der Waals surface area contributed by atoms with Crippen LogP contribution < -0.4 is 0 Å². The number of hydrogen-bond acceptors (Lipinski definition) is 1. The van der Waals surface area contributed by atoms with Crippen LogP contribution in [0.25, 0.3) is 0 Å². The van der Waals surface area contributed by atoms with Gasteiger partial charge in [-0.15, -0.1) is 0 Å². The average molecular weight is 110 g/mol. The molecule has 8 heavy (non-hydrogen) atoms. The van der Waals surface area contributed by atoms with Gasteiger partial charge in [-0.05, 0) is 13.8 Å². The van der Waals surface area contributed by atoms with Gasteiger partial charge in [0.25, 0.3) is 0 Å². The maximum absolute atomic E-state index is 3.96. The Morgan fingerprint density at radius 2 is 2.50 bits per heavy atom. The van der Waals surface area contributed by atoms with Gasteiger partial charge in [0, 0.05) is 18.4 Å². The van der Waals surface area contributed by atoms with E-state index in [4.69, 9.17) is 0 Å². The minimum absolute atomic E-state index is 1.02. The van der Waals surface area contributed by atoms with Crippen LogP contribution in [0.15, 0.2) is 12.5 Å². The molecule has 0 unspecified atom stereocenters. The summed E-state index contributed by atoms with van der Waals surface area (Å²) in [5.74, 6) is 0. The molecule has 0 bridgehead atoms. The van der Waals surface area contributed by atoms with Crippen LogP contribution in [0.5, 0.6) is 0 Å². The summed E-state index contributed by atoms with van der Waals surface area (Å²) in [6, 6.07) is 0. The van der Waals surface area contributed by atoms with Crippen molar-refractivity contribution >= 4 is 0 Å².